The second kappa shape index (κ2) is 14.7. The lowest BCUT2D eigenvalue weighted by molar-refractivity contribution is -0.0782. The van der Waals surface area contributed by atoms with E-state index in [1.54, 1.807) is 0 Å². The molecule has 0 amide bonds. The van der Waals surface area contributed by atoms with Crippen molar-refractivity contribution in [2.45, 2.75) is 95.5 Å². The van der Waals surface area contributed by atoms with Crippen molar-refractivity contribution in [1.82, 2.24) is 0 Å². The number of aliphatic hydroxyl groups excluding tert-OH is 3. The van der Waals surface area contributed by atoms with Crippen LogP contribution in [0.4, 0.5) is 0 Å². The number of allylic oxidation sites excluding steroid dienone is 1. The summed E-state index contributed by atoms with van der Waals surface area (Å²) in [4.78, 5) is 0. The van der Waals surface area contributed by atoms with Crippen LogP contribution in [0.2, 0.25) is 0 Å². The Morgan fingerprint density at radius 3 is 2.24 bits per heavy atom. The largest absolute Gasteiger partial charge is 0.388 e. The van der Waals surface area contributed by atoms with Crippen LogP contribution in [-0.4, -0.2) is 59.6 Å². The molecule has 0 bridgehead atoms. The van der Waals surface area contributed by atoms with Gasteiger partial charge in [0.15, 0.2) is 0 Å². The molecule has 1 heterocycles. The first-order valence-electron chi connectivity index (χ1n) is 10.0. The molecule has 0 unspecified atom stereocenters. The van der Waals surface area contributed by atoms with Gasteiger partial charge < -0.3 is 24.8 Å². The Labute approximate surface area is 153 Å². The average molecular weight is 359 g/mol. The van der Waals surface area contributed by atoms with E-state index >= 15 is 0 Å². The highest BCUT2D eigenvalue weighted by Crippen LogP contribution is 2.17. The molecule has 3 N–H and O–H groups in total. The van der Waals surface area contributed by atoms with Crippen LogP contribution in [0.5, 0.6) is 0 Å². The Morgan fingerprint density at radius 1 is 1.00 bits per heavy atom. The quantitative estimate of drug-likeness (QED) is 0.310. The van der Waals surface area contributed by atoms with Crippen molar-refractivity contribution in [2.24, 2.45) is 0 Å². The summed E-state index contributed by atoms with van der Waals surface area (Å²) in [5, 5.41) is 28.9. The molecule has 25 heavy (non-hydrogen) atoms. The standard InChI is InChI=1S/C20H38O5/c1-2-3-4-5-6-7-8-9-10-11-12-13-14-24-15-18(22)20-19(23)17(21)16-25-20/h12-13,17-23H,2-11,14-16H2,1H3/b13-12+/t17-,18+,19-,20-/m0/s1. The molecule has 4 atom stereocenters. The van der Waals surface area contributed by atoms with Crippen LogP contribution in [0.1, 0.15) is 71.1 Å². The Hall–Kier alpha value is -0.460. The van der Waals surface area contributed by atoms with Crippen LogP contribution in [0, 0.1) is 0 Å². The van der Waals surface area contributed by atoms with Crippen LogP contribution >= 0.6 is 0 Å². The number of aliphatic hydroxyl groups is 3. The van der Waals surface area contributed by atoms with E-state index in [9.17, 15) is 15.3 Å². The van der Waals surface area contributed by atoms with Gasteiger partial charge in [-0.25, -0.2) is 0 Å². The average Bonchev–Trinajstić information content (AvgIpc) is 2.94. The first-order chi connectivity index (χ1) is 12.2. The molecule has 148 valence electrons. The number of rotatable bonds is 15. The number of unbranched alkanes of at least 4 members (excludes halogenated alkanes) is 9. The SMILES string of the molecule is CCCCCCCCCCC/C=C/COC[C@@H](O)[C@@H]1OC[C@H](O)[C@@H]1O. The summed E-state index contributed by atoms with van der Waals surface area (Å²) in [6.07, 6.45) is 13.6. The second-order valence-electron chi connectivity index (χ2n) is 7.05. The lowest BCUT2D eigenvalue weighted by Crippen LogP contribution is -2.40. The Bertz CT molecular complexity index is 334. The zero-order valence-corrected chi connectivity index (χ0v) is 15.8. The Kier molecular flexibility index (Phi) is 13.3. The van der Waals surface area contributed by atoms with E-state index < -0.39 is 24.4 Å². The summed E-state index contributed by atoms with van der Waals surface area (Å²) in [5.41, 5.74) is 0. The molecule has 0 aromatic heterocycles. The highest BCUT2D eigenvalue weighted by atomic mass is 16.5. The van der Waals surface area contributed by atoms with Gasteiger partial charge in [-0.3, -0.25) is 0 Å². The Morgan fingerprint density at radius 2 is 1.64 bits per heavy atom. The zero-order chi connectivity index (χ0) is 18.3. The Balaban J connectivity index is 1.87. The molecule has 0 spiro atoms. The van der Waals surface area contributed by atoms with Gasteiger partial charge in [0, 0.05) is 0 Å². The van der Waals surface area contributed by atoms with Gasteiger partial charge in [0.25, 0.3) is 0 Å². The summed E-state index contributed by atoms with van der Waals surface area (Å²) < 4.78 is 10.5. The van der Waals surface area contributed by atoms with E-state index in [4.69, 9.17) is 9.47 Å². The van der Waals surface area contributed by atoms with Crippen LogP contribution < -0.4 is 0 Å². The maximum atomic E-state index is 9.88. The van der Waals surface area contributed by atoms with Crippen LogP contribution in [-0.2, 0) is 9.47 Å². The third-order valence-corrected chi connectivity index (χ3v) is 4.71. The first-order valence-corrected chi connectivity index (χ1v) is 10.0. The minimum absolute atomic E-state index is 0.0571. The van der Waals surface area contributed by atoms with Gasteiger partial charge in [-0.2, -0.15) is 0 Å². The molecule has 1 fully saturated rings. The van der Waals surface area contributed by atoms with E-state index in [1.165, 1.54) is 57.8 Å². The normalized spacial score (nSPS) is 25.0. The highest BCUT2D eigenvalue weighted by molar-refractivity contribution is 4.88. The maximum absolute atomic E-state index is 9.88. The predicted octanol–water partition coefficient (Wildman–Crippen LogP) is 2.96. The third-order valence-electron chi connectivity index (χ3n) is 4.71. The highest BCUT2D eigenvalue weighted by Gasteiger charge is 2.39. The monoisotopic (exact) mass is 358 g/mol. The van der Waals surface area contributed by atoms with Gasteiger partial charge in [-0.1, -0.05) is 70.4 Å². The summed E-state index contributed by atoms with van der Waals surface area (Å²) in [6.45, 7) is 2.85. The van der Waals surface area contributed by atoms with Crippen molar-refractivity contribution in [2.75, 3.05) is 19.8 Å². The molecule has 0 radical (unpaired) electrons. The predicted molar refractivity (Wildman–Crippen MR) is 99.6 cm³/mol. The van der Waals surface area contributed by atoms with Crippen LogP contribution in [0.3, 0.4) is 0 Å². The van der Waals surface area contributed by atoms with Crippen LogP contribution in [0.15, 0.2) is 12.2 Å². The minimum atomic E-state index is -1.04. The third kappa shape index (κ3) is 10.3. The van der Waals surface area contributed by atoms with Gasteiger partial charge in [-0.05, 0) is 12.8 Å². The number of hydrogen-bond acceptors (Lipinski definition) is 5. The molecule has 0 aromatic carbocycles. The molecule has 5 nitrogen and oxygen atoms in total. The molecule has 0 aliphatic carbocycles. The van der Waals surface area contributed by atoms with E-state index in [-0.39, 0.29) is 13.2 Å². The molecule has 5 heteroatoms. The summed E-state index contributed by atoms with van der Waals surface area (Å²) >= 11 is 0. The fourth-order valence-corrected chi connectivity index (χ4v) is 3.07. The zero-order valence-electron chi connectivity index (χ0n) is 15.8. The van der Waals surface area contributed by atoms with Crippen molar-refractivity contribution in [3.05, 3.63) is 12.2 Å². The van der Waals surface area contributed by atoms with E-state index in [0.29, 0.717) is 6.61 Å². The lowest BCUT2D eigenvalue weighted by atomic mass is 10.1. The molecule has 0 aromatic rings. The maximum Gasteiger partial charge on any atom is 0.114 e. The summed E-state index contributed by atoms with van der Waals surface area (Å²) in [7, 11) is 0. The topological polar surface area (TPSA) is 79.2 Å². The molecule has 0 saturated carbocycles. The van der Waals surface area contributed by atoms with Gasteiger partial charge in [-0.15, -0.1) is 0 Å². The summed E-state index contributed by atoms with van der Waals surface area (Å²) in [6, 6.07) is 0. The second-order valence-corrected chi connectivity index (χ2v) is 7.05. The fraction of sp³-hybridized carbons (Fsp3) is 0.900. The van der Waals surface area contributed by atoms with Gasteiger partial charge in [0.1, 0.15) is 24.4 Å². The van der Waals surface area contributed by atoms with Crippen molar-refractivity contribution in [3.8, 4) is 0 Å². The van der Waals surface area contributed by atoms with Crippen molar-refractivity contribution in [3.63, 3.8) is 0 Å². The van der Waals surface area contributed by atoms with E-state index in [1.807, 2.05) is 6.08 Å². The molecule has 1 rings (SSSR count). The first kappa shape index (κ1) is 22.6. The van der Waals surface area contributed by atoms with Crippen molar-refractivity contribution < 1.29 is 24.8 Å². The molecule has 1 saturated heterocycles. The van der Waals surface area contributed by atoms with Gasteiger partial charge >= 0.3 is 0 Å². The number of ether oxygens (including phenoxy) is 2. The molecule has 1 aliphatic rings. The van der Waals surface area contributed by atoms with Gasteiger partial charge in [0.05, 0.1) is 19.8 Å². The summed E-state index contributed by atoms with van der Waals surface area (Å²) in [5.74, 6) is 0. The lowest BCUT2D eigenvalue weighted by Gasteiger charge is -2.20. The van der Waals surface area contributed by atoms with Crippen LogP contribution in [0.25, 0.3) is 0 Å². The van der Waals surface area contributed by atoms with Crippen molar-refractivity contribution in [1.29, 1.82) is 0 Å². The molecular weight excluding hydrogens is 320 g/mol. The fourth-order valence-electron chi connectivity index (χ4n) is 3.07. The number of hydrogen-bond donors (Lipinski definition) is 3. The van der Waals surface area contributed by atoms with Gasteiger partial charge in [0.2, 0.25) is 0 Å². The molecule has 1 aliphatic heterocycles. The minimum Gasteiger partial charge on any atom is -0.388 e. The van der Waals surface area contributed by atoms with E-state index in [2.05, 4.69) is 13.0 Å². The van der Waals surface area contributed by atoms with Crippen molar-refractivity contribution >= 4 is 0 Å². The van der Waals surface area contributed by atoms with E-state index in [0.717, 1.165) is 6.42 Å². The molecular formula is C20H38O5. The smallest absolute Gasteiger partial charge is 0.114 e.